The molecule has 4 saturated carbocycles. The highest BCUT2D eigenvalue weighted by Crippen LogP contribution is 2.77. The maximum atomic E-state index is 12.8. The Morgan fingerprint density at radius 3 is 2.77 bits per heavy atom. The van der Waals surface area contributed by atoms with Crippen LogP contribution in [0.25, 0.3) is 0 Å². The Labute approximate surface area is 133 Å². The Bertz CT molecular complexity index is 595. The number of ether oxygens (including phenoxy) is 1. The first kappa shape index (κ1) is 13.6. The van der Waals surface area contributed by atoms with Crippen molar-refractivity contribution < 1.29 is 9.53 Å². The van der Waals surface area contributed by atoms with E-state index < -0.39 is 0 Å². The van der Waals surface area contributed by atoms with E-state index in [4.69, 9.17) is 4.74 Å². The Morgan fingerprint density at radius 1 is 1.14 bits per heavy atom. The van der Waals surface area contributed by atoms with Crippen molar-refractivity contribution in [1.82, 2.24) is 0 Å². The highest BCUT2D eigenvalue weighted by molar-refractivity contribution is 5.81. The number of carbonyl (C=O) groups is 1. The Kier molecular flexibility index (Phi) is 2.26. The molecule has 0 aromatic rings. The zero-order valence-electron chi connectivity index (χ0n) is 14.0. The molecule has 1 spiro atoms. The maximum absolute atomic E-state index is 12.8. The molecular weight excluding hydrogens is 272 g/mol. The van der Waals surface area contributed by atoms with Gasteiger partial charge in [0.05, 0.1) is 5.41 Å². The van der Waals surface area contributed by atoms with Crippen molar-refractivity contribution in [3.63, 3.8) is 0 Å². The van der Waals surface area contributed by atoms with Crippen molar-refractivity contribution in [2.24, 2.45) is 28.1 Å². The van der Waals surface area contributed by atoms with Crippen molar-refractivity contribution >= 4 is 5.97 Å². The summed E-state index contributed by atoms with van der Waals surface area (Å²) >= 11 is 0. The molecule has 0 aromatic heterocycles. The Hall–Kier alpha value is -0.790. The van der Waals surface area contributed by atoms with Crippen LogP contribution in [0.5, 0.6) is 0 Å². The largest absolute Gasteiger partial charge is 0.458 e. The van der Waals surface area contributed by atoms with Gasteiger partial charge < -0.3 is 4.74 Å². The van der Waals surface area contributed by atoms with Gasteiger partial charge in [-0.3, -0.25) is 4.79 Å². The molecule has 0 N–H and O–H groups in total. The molecule has 5 aliphatic rings. The Morgan fingerprint density at radius 2 is 1.95 bits per heavy atom. The molecule has 1 saturated heterocycles. The summed E-state index contributed by atoms with van der Waals surface area (Å²) in [5.41, 5.74) is 1.67. The van der Waals surface area contributed by atoms with Crippen LogP contribution < -0.4 is 0 Å². The third-order valence-corrected chi connectivity index (χ3v) is 9.11. The molecule has 120 valence electrons. The smallest absolute Gasteiger partial charge is 0.312 e. The minimum absolute atomic E-state index is 0.118. The average Bonchev–Trinajstić information content (AvgIpc) is 2.80. The van der Waals surface area contributed by atoms with Gasteiger partial charge in [-0.1, -0.05) is 19.1 Å². The molecule has 22 heavy (non-hydrogen) atoms. The van der Waals surface area contributed by atoms with Crippen LogP contribution in [0.15, 0.2) is 12.2 Å². The standard InChI is InChI=1S/C20H28O2/c1-13-11-19-10-6-15-17(2)7-4-8-20(15,22-16(17)21)18(19,3)9-5-14(13)12-19/h14-15H,1,4-12H2,2-3H3/t14-,15+,17-,18-,19+,20-/m0/s1. The first-order chi connectivity index (χ1) is 10.4. The summed E-state index contributed by atoms with van der Waals surface area (Å²) in [6, 6.07) is 0. The summed E-state index contributed by atoms with van der Waals surface area (Å²) < 4.78 is 6.36. The molecule has 5 fully saturated rings. The fraction of sp³-hybridized carbons (Fsp3) is 0.850. The van der Waals surface area contributed by atoms with E-state index in [1.807, 2.05) is 0 Å². The van der Waals surface area contributed by atoms with Gasteiger partial charge in [-0.25, -0.2) is 0 Å². The van der Waals surface area contributed by atoms with E-state index in [1.54, 1.807) is 0 Å². The molecular formula is C20H28O2. The number of carbonyl (C=O) groups excluding carboxylic acids is 1. The van der Waals surface area contributed by atoms with Crippen LogP contribution in [0.2, 0.25) is 0 Å². The maximum Gasteiger partial charge on any atom is 0.312 e. The predicted octanol–water partition coefficient (Wildman–Crippen LogP) is 4.63. The molecule has 0 aromatic carbocycles. The van der Waals surface area contributed by atoms with Crippen molar-refractivity contribution in [2.75, 3.05) is 0 Å². The molecule has 1 heterocycles. The van der Waals surface area contributed by atoms with Gasteiger partial charge in [0, 0.05) is 11.3 Å². The molecule has 0 amide bonds. The topological polar surface area (TPSA) is 26.3 Å². The Balaban J connectivity index is 1.69. The minimum atomic E-state index is -0.199. The second-order valence-electron chi connectivity index (χ2n) is 9.53. The van der Waals surface area contributed by atoms with Gasteiger partial charge in [-0.05, 0) is 76.0 Å². The number of esters is 1. The van der Waals surface area contributed by atoms with Crippen LogP contribution in [0.4, 0.5) is 0 Å². The molecule has 1 aliphatic heterocycles. The van der Waals surface area contributed by atoms with Crippen molar-refractivity contribution in [1.29, 1.82) is 0 Å². The van der Waals surface area contributed by atoms with E-state index in [2.05, 4.69) is 20.4 Å². The average molecular weight is 300 g/mol. The lowest BCUT2D eigenvalue weighted by Crippen LogP contribution is -2.65. The summed E-state index contributed by atoms with van der Waals surface area (Å²) in [7, 11) is 0. The normalized spacial score (nSPS) is 59.0. The number of hydrogen-bond donors (Lipinski definition) is 0. The van der Waals surface area contributed by atoms with E-state index in [9.17, 15) is 4.79 Å². The van der Waals surface area contributed by atoms with Crippen LogP contribution in [0, 0.1) is 28.1 Å². The van der Waals surface area contributed by atoms with E-state index >= 15 is 0 Å². The van der Waals surface area contributed by atoms with Gasteiger partial charge in [-0.2, -0.15) is 0 Å². The monoisotopic (exact) mass is 300 g/mol. The number of fused-ring (bicyclic) bond motifs is 1. The van der Waals surface area contributed by atoms with Crippen molar-refractivity contribution in [2.45, 2.75) is 77.2 Å². The van der Waals surface area contributed by atoms with E-state index in [-0.39, 0.29) is 22.4 Å². The van der Waals surface area contributed by atoms with E-state index in [0.29, 0.717) is 11.3 Å². The number of rotatable bonds is 0. The molecule has 4 aliphatic carbocycles. The van der Waals surface area contributed by atoms with Crippen molar-refractivity contribution in [3.05, 3.63) is 12.2 Å². The highest BCUT2D eigenvalue weighted by atomic mass is 16.6. The molecule has 4 bridgehead atoms. The van der Waals surface area contributed by atoms with Gasteiger partial charge in [0.1, 0.15) is 5.60 Å². The molecule has 0 unspecified atom stereocenters. The zero-order valence-corrected chi connectivity index (χ0v) is 14.0. The lowest BCUT2D eigenvalue weighted by atomic mass is 9.40. The third-order valence-electron chi connectivity index (χ3n) is 9.11. The first-order valence-electron chi connectivity index (χ1n) is 9.28. The SMILES string of the molecule is C=C1C[C@@]23CC[C@H]4[C@@]5(CCC[C@]4(C)C(=O)O5)[C@@]2(C)CC[C@H]1C3. The summed E-state index contributed by atoms with van der Waals surface area (Å²) in [5, 5.41) is 0. The second-order valence-corrected chi connectivity index (χ2v) is 9.53. The van der Waals surface area contributed by atoms with Crippen LogP contribution in [0.3, 0.4) is 0 Å². The molecule has 2 nitrogen and oxygen atoms in total. The van der Waals surface area contributed by atoms with Crippen LogP contribution in [-0.4, -0.2) is 11.6 Å². The van der Waals surface area contributed by atoms with Crippen molar-refractivity contribution in [3.8, 4) is 0 Å². The van der Waals surface area contributed by atoms with E-state index in [1.165, 1.54) is 44.1 Å². The van der Waals surface area contributed by atoms with Gasteiger partial charge in [0.2, 0.25) is 0 Å². The van der Waals surface area contributed by atoms with Gasteiger partial charge in [0.15, 0.2) is 0 Å². The second kappa shape index (κ2) is 3.65. The lowest BCUT2D eigenvalue weighted by Gasteiger charge is -2.65. The lowest BCUT2D eigenvalue weighted by molar-refractivity contribution is -0.224. The fourth-order valence-electron chi connectivity index (χ4n) is 7.82. The molecule has 5 rings (SSSR count). The predicted molar refractivity (Wildman–Crippen MR) is 85.1 cm³/mol. The van der Waals surface area contributed by atoms with Gasteiger partial charge in [0.25, 0.3) is 0 Å². The minimum Gasteiger partial charge on any atom is -0.458 e. The molecule has 0 radical (unpaired) electrons. The van der Waals surface area contributed by atoms with Gasteiger partial charge in [-0.15, -0.1) is 0 Å². The first-order valence-corrected chi connectivity index (χ1v) is 9.28. The van der Waals surface area contributed by atoms with Crippen LogP contribution >= 0.6 is 0 Å². The summed E-state index contributed by atoms with van der Waals surface area (Å²) in [4.78, 5) is 12.8. The van der Waals surface area contributed by atoms with Crippen LogP contribution in [0.1, 0.15) is 71.6 Å². The van der Waals surface area contributed by atoms with Crippen LogP contribution in [-0.2, 0) is 9.53 Å². The molecule has 2 heteroatoms. The summed E-state index contributed by atoms with van der Waals surface area (Å²) in [5.74, 6) is 1.32. The highest BCUT2D eigenvalue weighted by Gasteiger charge is 2.77. The molecule has 6 atom stereocenters. The fourth-order valence-corrected chi connectivity index (χ4v) is 7.82. The summed E-state index contributed by atoms with van der Waals surface area (Å²) in [6.45, 7) is 9.08. The quantitative estimate of drug-likeness (QED) is 0.481. The zero-order chi connectivity index (χ0) is 15.4. The number of allylic oxidation sites excluding steroid dienone is 1. The third kappa shape index (κ3) is 1.16. The number of hydrogen-bond acceptors (Lipinski definition) is 2. The van der Waals surface area contributed by atoms with Gasteiger partial charge >= 0.3 is 5.97 Å². The van der Waals surface area contributed by atoms with E-state index in [0.717, 1.165) is 25.2 Å². The summed E-state index contributed by atoms with van der Waals surface area (Å²) in [6.07, 6.45) is 10.8.